The van der Waals surface area contributed by atoms with Gasteiger partial charge in [0, 0.05) is 48.7 Å². The van der Waals surface area contributed by atoms with Crippen LogP contribution in [0.2, 0.25) is 0 Å². The number of aryl methyl sites for hydroxylation is 1. The van der Waals surface area contributed by atoms with E-state index in [2.05, 4.69) is 24.8 Å². The van der Waals surface area contributed by atoms with E-state index in [4.69, 9.17) is 9.40 Å². The Morgan fingerprint density at radius 3 is 2.37 bits per heavy atom. The molecule has 194 valence electrons. The minimum atomic E-state index is -0.555. The van der Waals surface area contributed by atoms with Crippen LogP contribution in [0.25, 0.3) is 39.6 Å². The Kier molecular flexibility index (Phi) is 7.84. The molecule has 0 atom stereocenters. The summed E-state index contributed by atoms with van der Waals surface area (Å²) in [6.07, 6.45) is 5.27. The summed E-state index contributed by atoms with van der Waals surface area (Å²) in [6.45, 7) is 2.71. The Morgan fingerprint density at radius 1 is 0.842 bits per heavy atom. The number of aromatic nitrogens is 7. The number of nitrogens with zero attached hydrogens (tertiary/aromatic N) is 7. The number of rotatable bonds is 6. The molecule has 0 N–H and O–H groups in total. The van der Waals surface area contributed by atoms with E-state index in [9.17, 15) is 8.78 Å². The lowest BCUT2D eigenvalue weighted by Gasteiger charge is -2.10. The SMILES string of the molecule is CCn1c(Cc2ccnn2-c2cc(F)ccc2F)nc2cc(-c3nnc(-c4ccncc4)o3)ccc21.Cl.Cl. The highest BCUT2D eigenvalue weighted by Gasteiger charge is 2.17. The predicted molar refractivity (Wildman–Crippen MR) is 143 cm³/mol. The Labute approximate surface area is 228 Å². The van der Waals surface area contributed by atoms with Gasteiger partial charge >= 0.3 is 0 Å². The van der Waals surface area contributed by atoms with Crippen molar-refractivity contribution in [1.82, 2.24) is 34.5 Å². The lowest BCUT2D eigenvalue weighted by atomic mass is 10.2. The molecule has 38 heavy (non-hydrogen) atoms. The second-order valence-electron chi connectivity index (χ2n) is 8.13. The zero-order valence-corrected chi connectivity index (χ0v) is 21.6. The van der Waals surface area contributed by atoms with Crippen molar-refractivity contribution in [2.45, 2.75) is 19.9 Å². The summed E-state index contributed by atoms with van der Waals surface area (Å²) in [5.41, 5.74) is 3.97. The van der Waals surface area contributed by atoms with Crippen LogP contribution in [0.3, 0.4) is 0 Å². The molecule has 0 unspecified atom stereocenters. The first-order valence-corrected chi connectivity index (χ1v) is 11.3. The van der Waals surface area contributed by atoms with E-state index >= 15 is 0 Å². The zero-order valence-electron chi connectivity index (χ0n) is 20.0. The van der Waals surface area contributed by atoms with E-state index in [-0.39, 0.29) is 30.5 Å². The van der Waals surface area contributed by atoms with Crippen molar-refractivity contribution in [2.75, 3.05) is 0 Å². The highest BCUT2D eigenvalue weighted by Crippen LogP contribution is 2.28. The van der Waals surface area contributed by atoms with E-state index in [1.807, 2.05) is 25.1 Å². The van der Waals surface area contributed by atoms with Gasteiger partial charge in [-0.15, -0.1) is 35.0 Å². The average Bonchev–Trinajstić information content (AvgIpc) is 3.64. The minimum Gasteiger partial charge on any atom is -0.416 e. The molecule has 0 radical (unpaired) electrons. The molecule has 4 heterocycles. The number of imidazole rings is 1. The second kappa shape index (κ2) is 11.1. The summed E-state index contributed by atoms with van der Waals surface area (Å²) in [6, 6.07) is 14.5. The van der Waals surface area contributed by atoms with Crippen LogP contribution in [-0.4, -0.2) is 34.5 Å². The molecule has 0 aliphatic heterocycles. The monoisotopic (exact) mass is 555 g/mol. The fourth-order valence-corrected chi connectivity index (χ4v) is 4.24. The van der Waals surface area contributed by atoms with Gasteiger partial charge in [0.1, 0.15) is 23.1 Å². The van der Waals surface area contributed by atoms with Crippen molar-refractivity contribution in [3.63, 3.8) is 0 Å². The largest absolute Gasteiger partial charge is 0.416 e. The van der Waals surface area contributed by atoms with Crippen molar-refractivity contribution in [3.05, 3.63) is 96.3 Å². The van der Waals surface area contributed by atoms with E-state index in [0.29, 0.717) is 30.4 Å². The summed E-state index contributed by atoms with van der Waals surface area (Å²) < 4.78 is 37.6. The Bertz CT molecular complexity index is 1700. The standard InChI is InChI=1S/C26H19F2N7O.2ClH/c1-2-34-22-6-3-17(26-33-32-25(36-26)16-7-10-29-11-8-16)13-21(22)31-24(34)15-19-9-12-30-35(19)23-14-18(27)4-5-20(23)28;;/h3-14H,2,15H2,1H3;2*1H. The topological polar surface area (TPSA) is 87.5 Å². The van der Waals surface area contributed by atoms with E-state index in [1.165, 1.54) is 4.68 Å². The van der Waals surface area contributed by atoms with Crippen molar-refractivity contribution in [1.29, 1.82) is 0 Å². The summed E-state index contributed by atoms with van der Waals surface area (Å²) >= 11 is 0. The molecule has 0 spiro atoms. The highest BCUT2D eigenvalue weighted by molar-refractivity contribution is 5.85. The van der Waals surface area contributed by atoms with E-state index in [1.54, 1.807) is 36.8 Å². The maximum absolute atomic E-state index is 14.4. The lowest BCUT2D eigenvalue weighted by molar-refractivity contribution is 0.583. The van der Waals surface area contributed by atoms with Crippen molar-refractivity contribution in [3.8, 4) is 28.6 Å². The van der Waals surface area contributed by atoms with Crippen LogP contribution in [0.4, 0.5) is 8.78 Å². The molecule has 0 saturated carbocycles. The number of hydrogen-bond acceptors (Lipinski definition) is 6. The quantitative estimate of drug-likeness (QED) is 0.248. The molecule has 0 aliphatic carbocycles. The van der Waals surface area contributed by atoms with Crippen LogP contribution in [0.5, 0.6) is 0 Å². The molecule has 0 aliphatic rings. The highest BCUT2D eigenvalue weighted by atomic mass is 35.5. The van der Waals surface area contributed by atoms with Crippen molar-refractivity contribution in [2.24, 2.45) is 0 Å². The molecule has 8 nitrogen and oxygen atoms in total. The second-order valence-corrected chi connectivity index (χ2v) is 8.13. The van der Waals surface area contributed by atoms with Crippen LogP contribution >= 0.6 is 24.8 Å². The van der Waals surface area contributed by atoms with Gasteiger partial charge in [-0.2, -0.15) is 5.10 Å². The van der Waals surface area contributed by atoms with Gasteiger partial charge in [0.05, 0.1) is 16.7 Å². The predicted octanol–water partition coefficient (Wildman–Crippen LogP) is 6.07. The smallest absolute Gasteiger partial charge is 0.248 e. The Morgan fingerprint density at radius 2 is 1.61 bits per heavy atom. The first kappa shape index (κ1) is 26.9. The molecular formula is C26H21Cl2F2N7O. The first-order chi connectivity index (χ1) is 17.6. The molecule has 0 amide bonds. The van der Waals surface area contributed by atoms with Crippen LogP contribution in [0, 0.1) is 11.6 Å². The van der Waals surface area contributed by atoms with Gasteiger partial charge < -0.3 is 8.98 Å². The molecule has 12 heteroatoms. The Hall–Kier alpha value is -4.15. The third-order valence-electron chi connectivity index (χ3n) is 5.94. The van der Waals surface area contributed by atoms with Crippen LogP contribution in [0.15, 0.2) is 77.6 Å². The molecule has 0 bridgehead atoms. The van der Waals surface area contributed by atoms with Crippen molar-refractivity contribution < 1.29 is 13.2 Å². The fraction of sp³-hybridized carbons (Fsp3) is 0.115. The van der Waals surface area contributed by atoms with Gasteiger partial charge in [0.15, 0.2) is 0 Å². The normalized spacial score (nSPS) is 10.8. The van der Waals surface area contributed by atoms with Crippen LogP contribution < -0.4 is 0 Å². The summed E-state index contributed by atoms with van der Waals surface area (Å²) in [4.78, 5) is 8.84. The van der Waals surface area contributed by atoms with Gasteiger partial charge in [-0.25, -0.2) is 18.4 Å². The van der Waals surface area contributed by atoms with Gasteiger partial charge in [-0.1, -0.05) is 0 Å². The van der Waals surface area contributed by atoms with E-state index in [0.717, 1.165) is 46.2 Å². The van der Waals surface area contributed by atoms with Crippen LogP contribution in [-0.2, 0) is 13.0 Å². The molecular weight excluding hydrogens is 535 g/mol. The summed E-state index contributed by atoms with van der Waals surface area (Å²) in [5, 5.41) is 12.6. The van der Waals surface area contributed by atoms with Crippen LogP contribution in [0.1, 0.15) is 18.4 Å². The number of pyridine rings is 1. The van der Waals surface area contributed by atoms with Gasteiger partial charge in [0.25, 0.3) is 0 Å². The molecule has 6 aromatic rings. The summed E-state index contributed by atoms with van der Waals surface area (Å²) in [5.74, 6) is 0.474. The number of benzene rings is 2. The van der Waals surface area contributed by atoms with E-state index < -0.39 is 11.6 Å². The molecule has 0 fully saturated rings. The molecule has 0 saturated heterocycles. The summed E-state index contributed by atoms with van der Waals surface area (Å²) in [7, 11) is 0. The third kappa shape index (κ3) is 4.88. The maximum atomic E-state index is 14.4. The zero-order chi connectivity index (χ0) is 24.6. The number of hydrogen-bond donors (Lipinski definition) is 0. The van der Waals surface area contributed by atoms with Gasteiger partial charge in [0.2, 0.25) is 11.8 Å². The molecule has 4 aromatic heterocycles. The fourth-order valence-electron chi connectivity index (χ4n) is 4.24. The number of fused-ring (bicyclic) bond motifs is 1. The maximum Gasteiger partial charge on any atom is 0.248 e. The van der Waals surface area contributed by atoms with Gasteiger partial charge in [-0.3, -0.25) is 4.98 Å². The molecule has 2 aromatic carbocycles. The lowest BCUT2D eigenvalue weighted by Crippen LogP contribution is -2.09. The molecule has 6 rings (SSSR count). The van der Waals surface area contributed by atoms with Gasteiger partial charge in [-0.05, 0) is 55.5 Å². The third-order valence-corrected chi connectivity index (χ3v) is 5.94. The Balaban J connectivity index is 0.00000168. The number of halogens is 4. The van der Waals surface area contributed by atoms with Crippen molar-refractivity contribution >= 4 is 35.8 Å². The minimum absolute atomic E-state index is 0. The average molecular weight is 556 g/mol. The first-order valence-electron chi connectivity index (χ1n) is 11.3.